The van der Waals surface area contributed by atoms with Gasteiger partial charge in [-0.2, -0.15) is 0 Å². The summed E-state index contributed by atoms with van der Waals surface area (Å²) >= 11 is 0. The van der Waals surface area contributed by atoms with Gasteiger partial charge in [-0.3, -0.25) is 0 Å². The Morgan fingerprint density at radius 2 is 1.67 bits per heavy atom. The average molecular weight is 271 g/mol. The van der Waals surface area contributed by atoms with E-state index in [1.807, 2.05) is 7.48 Å². The van der Waals surface area contributed by atoms with E-state index in [2.05, 4.69) is 54.6 Å². The summed E-state index contributed by atoms with van der Waals surface area (Å²) in [5, 5.41) is 7.90. The average Bonchev–Trinajstić information content (AvgIpc) is 2.53. The fourth-order valence-electron chi connectivity index (χ4n) is 3.26. The molecule has 1 nitrogen and oxygen atoms in total. The molecule has 0 aliphatic heterocycles. The van der Waals surface area contributed by atoms with Gasteiger partial charge in [0.2, 0.25) is 0 Å². The number of hydrogen-bond acceptors (Lipinski definition) is 1. The Labute approximate surface area is 124 Å². The zero-order chi connectivity index (χ0) is 14.2. The first-order valence-corrected chi connectivity index (χ1v) is 7.39. The van der Waals surface area contributed by atoms with Crippen LogP contribution in [0.1, 0.15) is 12.8 Å². The van der Waals surface area contributed by atoms with Crippen molar-refractivity contribution in [1.82, 2.24) is 0 Å². The second-order valence-corrected chi connectivity index (χ2v) is 5.55. The van der Waals surface area contributed by atoms with Gasteiger partial charge in [0.25, 0.3) is 0 Å². The van der Waals surface area contributed by atoms with Gasteiger partial charge < -0.3 is 4.65 Å². The smallest absolute Gasteiger partial charge is 0.330 e. The van der Waals surface area contributed by atoms with Gasteiger partial charge in [0, 0.05) is 7.11 Å². The van der Waals surface area contributed by atoms with E-state index in [9.17, 15) is 0 Å². The third kappa shape index (κ3) is 2.07. The molecular formula is C19H16BO. The van der Waals surface area contributed by atoms with Crippen molar-refractivity contribution in [3.8, 4) is 0 Å². The Hall–Kier alpha value is -2.06. The lowest BCUT2D eigenvalue weighted by molar-refractivity contribution is 0.450. The van der Waals surface area contributed by atoms with Crippen molar-refractivity contribution in [3.05, 3.63) is 52.9 Å². The molecule has 0 unspecified atom stereocenters. The van der Waals surface area contributed by atoms with Crippen LogP contribution >= 0.6 is 0 Å². The van der Waals surface area contributed by atoms with E-state index in [1.165, 1.54) is 32.0 Å². The first-order chi connectivity index (χ1) is 10.4. The molecule has 1 radical (unpaired) electrons. The van der Waals surface area contributed by atoms with Gasteiger partial charge in [-0.1, -0.05) is 42.5 Å². The molecule has 101 valence electrons. The summed E-state index contributed by atoms with van der Waals surface area (Å²) in [5.74, 6) is 0. The lowest BCUT2D eigenvalue weighted by atomic mass is 9.82. The van der Waals surface area contributed by atoms with Crippen LogP contribution in [-0.2, 0) is 4.65 Å². The highest BCUT2D eigenvalue weighted by Gasteiger charge is 2.06. The van der Waals surface area contributed by atoms with Crippen molar-refractivity contribution in [2.45, 2.75) is 12.8 Å². The SMILES string of the molecule is CO[B]c1cccc2c1ccc1cc3c(cc12)=CCCC=3. The Balaban J connectivity index is 2.12. The van der Waals surface area contributed by atoms with Crippen LogP contribution in [0.2, 0.25) is 0 Å². The monoisotopic (exact) mass is 271 g/mol. The molecule has 21 heavy (non-hydrogen) atoms. The molecule has 0 N–H and O–H groups in total. The highest BCUT2D eigenvalue weighted by atomic mass is 16.4. The van der Waals surface area contributed by atoms with Gasteiger partial charge in [0.05, 0.1) is 0 Å². The highest BCUT2D eigenvalue weighted by molar-refractivity contribution is 6.51. The second kappa shape index (κ2) is 5.05. The molecule has 0 aromatic heterocycles. The first kappa shape index (κ1) is 12.7. The van der Waals surface area contributed by atoms with Crippen LogP contribution in [0.25, 0.3) is 33.7 Å². The van der Waals surface area contributed by atoms with Crippen molar-refractivity contribution in [3.63, 3.8) is 0 Å². The van der Waals surface area contributed by atoms with Crippen LogP contribution in [0, 0.1) is 0 Å². The molecule has 0 amide bonds. The molecule has 0 spiro atoms. The van der Waals surface area contributed by atoms with Crippen LogP contribution in [0.3, 0.4) is 0 Å². The fourth-order valence-corrected chi connectivity index (χ4v) is 3.26. The quantitative estimate of drug-likeness (QED) is 0.513. The van der Waals surface area contributed by atoms with E-state index in [0.29, 0.717) is 0 Å². The molecule has 0 fully saturated rings. The number of benzene rings is 3. The number of fused-ring (bicyclic) bond motifs is 4. The summed E-state index contributed by atoms with van der Waals surface area (Å²) in [5.41, 5.74) is 1.13. The van der Waals surface area contributed by atoms with E-state index in [1.54, 1.807) is 7.11 Å². The zero-order valence-electron chi connectivity index (χ0n) is 12.1. The van der Waals surface area contributed by atoms with Crippen molar-refractivity contribution in [2.75, 3.05) is 7.11 Å². The second-order valence-electron chi connectivity index (χ2n) is 5.55. The molecule has 3 aromatic rings. The van der Waals surface area contributed by atoms with Gasteiger partial charge in [0.1, 0.15) is 0 Å². The Morgan fingerprint density at radius 1 is 0.857 bits per heavy atom. The van der Waals surface area contributed by atoms with E-state index in [4.69, 9.17) is 4.65 Å². The predicted molar refractivity (Wildman–Crippen MR) is 91.3 cm³/mol. The van der Waals surface area contributed by atoms with E-state index in [0.717, 1.165) is 18.3 Å². The van der Waals surface area contributed by atoms with Gasteiger partial charge in [-0.25, -0.2) is 0 Å². The maximum Gasteiger partial charge on any atom is 0.330 e. The maximum atomic E-state index is 5.20. The maximum absolute atomic E-state index is 5.20. The van der Waals surface area contributed by atoms with E-state index < -0.39 is 0 Å². The molecule has 0 heterocycles. The minimum atomic E-state index is 1.13. The molecule has 0 bridgehead atoms. The van der Waals surface area contributed by atoms with E-state index >= 15 is 0 Å². The molecule has 0 saturated carbocycles. The van der Waals surface area contributed by atoms with Gasteiger partial charge in [-0.05, 0) is 62.4 Å². The molecule has 4 rings (SSSR count). The van der Waals surface area contributed by atoms with Crippen molar-refractivity contribution in [2.24, 2.45) is 0 Å². The number of rotatable bonds is 2. The minimum absolute atomic E-state index is 1.13. The van der Waals surface area contributed by atoms with Crippen LogP contribution in [-0.4, -0.2) is 14.6 Å². The van der Waals surface area contributed by atoms with E-state index in [-0.39, 0.29) is 0 Å². The van der Waals surface area contributed by atoms with Gasteiger partial charge in [0.15, 0.2) is 0 Å². The lowest BCUT2D eigenvalue weighted by Crippen LogP contribution is -2.26. The summed E-state index contributed by atoms with van der Waals surface area (Å²) in [6.07, 6.45) is 6.98. The summed E-state index contributed by atoms with van der Waals surface area (Å²) in [4.78, 5) is 0. The summed E-state index contributed by atoms with van der Waals surface area (Å²) in [7, 11) is 3.51. The van der Waals surface area contributed by atoms with Crippen molar-refractivity contribution >= 4 is 46.6 Å². The Morgan fingerprint density at radius 3 is 2.48 bits per heavy atom. The molecule has 1 aliphatic rings. The lowest BCUT2D eigenvalue weighted by Gasteiger charge is -2.09. The summed E-state index contributed by atoms with van der Waals surface area (Å²) < 4.78 is 5.20. The predicted octanol–water partition coefficient (Wildman–Crippen LogP) is 2.24. The van der Waals surface area contributed by atoms with Crippen LogP contribution in [0.4, 0.5) is 0 Å². The van der Waals surface area contributed by atoms with Crippen molar-refractivity contribution < 1.29 is 4.65 Å². The fraction of sp³-hybridized carbons (Fsp3) is 0.158. The summed E-state index contributed by atoms with van der Waals surface area (Å²) in [6.45, 7) is 0. The van der Waals surface area contributed by atoms with Crippen LogP contribution < -0.4 is 15.9 Å². The van der Waals surface area contributed by atoms with Crippen LogP contribution in [0.15, 0.2) is 42.5 Å². The molecule has 1 aliphatic carbocycles. The Bertz CT molecular complexity index is 957. The topological polar surface area (TPSA) is 9.23 Å². The Kier molecular flexibility index (Phi) is 3.05. The van der Waals surface area contributed by atoms with Crippen molar-refractivity contribution in [1.29, 1.82) is 0 Å². The highest BCUT2D eigenvalue weighted by Crippen LogP contribution is 2.22. The molecular weight excluding hydrogens is 255 g/mol. The summed E-state index contributed by atoms with van der Waals surface area (Å²) in [6, 6.07) is 15.4. The largest absolute Gasteiger partial charge is 0.437 e. The third-order valence-electron chi connectivity index (χ3n) is 4.25. The van der Waals surface area contributed by atoms with Gasteiger partial charge in [-0.15, -0.1) is 0 Å². The minimum Gasteiger partial charge on any atom is -0.437 e. The normalized spacial score (nSPS) is 13.6. The zero-order valence-corrected chi connectivity index (χ0v) is 12.1. The molecule has 2 heteroatoms. The third-order valence-corrected chi connectivity index (χ3v) is 4.25. The number of hydrogen-bond donors (Lipinski definition) is 0. The standard InChI is InChI=1S/C19H16BO/c1-21-20-19-8-4-7-16-17(19)10-9-15-11-13-5-2-3-6-14(13)12-18(15)16/h4-12H,2-3H2,1H3. The first-order valence-electron chi connectivity index (χ1n) is 7.39. The molecule has 3 aromatic carbocycles. The van der Waals surface area contributed by atoms with Crippen LogP contribution in [0.5, 0.6) is 0 Å². The molecule has 0 saturated heterocycles. The molecule has 0 atom stereocenters. The van der Waals surface area contributed by atoms with Gasteiger partial charge >= 0.3 is 7.48 Å².